The number of fused-ring (bicyclic) bond motifs is 1. The van der Waals surface area contributed by atoms with Crippen molar-refractivity contribution < 1.29 is 9.84 Å². The van der Waals surface area contributed by atoms with Gasteiger partial charge < -0.3 is 15.2 Å². The molecule has 5 nitrogen and oxygen atoms in total. The van der Waals surface area contributed by atoms with Gasteiger partial charge in [0.25, 0.3) is 0 Å². The number of aromatic nitrogens is 2. The molecule has 0 radical (unpaired) electrons. The number of hydrogen-bond acceptors (Lipinski definition) is 6. The molecule has 6 heteroatoms. The molecule has 2 heterocycles. The number of nitrogens with zero attached hydrogens (tertiary/aromatic N) is 2. The summed E-state index contributed by atoms with van der Waals surface area (Å²) in [6.45, 7) is 4.43. The third-order valence-electron chi connectivity index (χ3n) is 3.52. The molecule has 0 fully saturated rings. The first-order chi connectivity index (χ1) is 11.2. The SMILES string of the molecule is CCc1cc2c(Nc3ccc(OCCO)c(C)c3)ncnc2s1. The number of aliphatic hydroxyl groups excluding tert-OH is 1. The number of thiophene rings is 1. The monoisotopic (exact) mass is 329 g/mol. The second-order valence-corrected chi connectivity index (χ2v) is 6.30. The first-order valence-electron chi connectivity index (χ1n) is 7.56. The van der Waals surface area contributed by atoms with Crippen molar-refractivity contribution in [2.24, 2.45) is 0 Å². The molecule has 23 heavy (non-hydrogen) atoms. The molecule has 0 unspecified atom stereocenters. The highest BCUT2D eigenvalue weighted by Gasteiger charge is 2.09. The van der Waals surface area contributed by atoms with E-state index in [1.807, 2.05) is 25.1 Å². The minimum atomic E-state index is 0.0102. The third-order valence-corrected chi connectivity index (χ3v) is 4.70. The number of aryl methyl sites for hydroxylation is 2. The molecule has 0 aliphatic carbocycles. The lowest BCUT2D eigenvalue weighted by Crippen LogP contribution is -2.03. The normalized spacial score (nSPS) is 10.9. The van der Waals surface area contributed by atoms with E-state index in [9.17, 15) is 0 Å². The highest BCUT2D eigenvalue weighted by Crippen LogP contribution is 2.31. The molecule has 3 aromatic rings. The number of hydrogen-bond donors (Lipinski definition) is 2. The van der Waals surface area contributed by atoms with Gasteiger partial charge in [0.2, 0.25) is 0 Å². The Kier molecular flexibility index (Phi) is 4.73. The minimum Gasteiger partial charge on any atom is -0.491 e. The van der Waals surface area contributed by atoms with Crippen molar-refractivity contribution in [2.45, 2.75) is 20.3 Å². The smallest absolute Gasteiger partial charge is 0.142 e. The zero-order valence-corrected chi connectivity index (χ0v) is 14.0. The van der Waals surface area contributed by atoms with Crippen LogP contribution in [0.15, 0.2) is 30.6 Å². The first kappa shape index (κ1) is 15.7. The summed E-state index contributed by atoms with van der Waals surface area (Å²) in [5.74, 6) is 1.59. The first-order valence-corrected chi connectivity index (χ1v) is 8.37. The highest BCUT2D eigenvalue weighted by molar-refractivity contribution is 7.18. The van der Waals surface area contributed by atoms with E-state index in [1.54, 1.807) is 17.7 Å². The van der Waals surface area contributed by atoms with Crippen molar-refractivity contribution in [1.29, 1.82) is 0 Å². The van der Waals surface area contributed by atoms with Gasteiger partial charge in [-0.05, 0) is 43.2 Å². The lowest BCUT2D eigenvalue weighted by atomic mass is 10.2. The van der Waals surface area contributed by atoms with Crippen molar-refractivity contribution in [3.63, 3.8) is 0 Å². The average Bonchev–Trinajstić information content (AvgIpc) is 2.98. The van der Waals surface area contributed by atoms with Crippen LogP contribution in [0, 0.1) is 6.92 Å². The Bertz CT molecular complexity index is 817. The molecular formula is C17H19N3O2S. The van der Waals surface area contributed by atoms with Crippen LogP contribution in [0.2, 0.25) is 0 Å². The maximum atomic E-state index is 8.84. The molecular weight excluding hydrogens is 310 g/mol. The van der Waals surface area contributed by atoms with Crippen molar-refractivity contribution >= 4 is 33.1 Å². The molecule has 120 valence electrons. The van der Waals surface area contributed by atoms with Gasteiger partial charge in [-0.15, -0.1) is 11.3 Å². The Morgan fingerprint density at radius 3 is 2.87 bits per heavy atom. The number of rotatable bonds is 6. The second-order valence-electron chi connectivity index (χ2n) is 5.18. The molecule has 2 aromatic heterocycles. The fourth-order valence-corrected chi connectivity index (χ4v) is 3.30. The van der Waals surface area contributed by atoms with E-state index in [4.69, 9.17) is 9.84 Å². The predicted octanol–water partition coefficient (Wildman–Crippen LogP) is 3.68. The van der Waals surface area contributed by atoms with Gasteiger partial charge in [0.1, 0.15) is 29.3 Å². The predicted molar refractivity (Wildman–Crippen MR) is 93.8 cm³/mol. The Morgan fingerprint density at radius 1 is 1.26 bits per heavy atom. The Hall–Kier alpha value is -2.18. The molecule has 0 aliphatic rings. The van der Waals surface area contributed by atoms with E-state index in [2.05, 4.69) is 28.3 Å². The van der Waals surface area contributed by atoms with Gasteiger partial charge in [-0.1, -0.05) is 6.92 Å². The van der Waals surface area contributed by atoms with Gasteiger partial charge in [-0.3, -0.25) is 0 Å². The van der Waals surface area contributed by atoms with Gasteiger partial charge in [0.15, 0.2) is 0 Å². The van der Waals surface area contributed by atoms with Crippen molar-refractivity contribution in [2.75, 3.05) is 18.5 Å². The quantitative estimate of drug-likeness (QED) is 0.722. The summed E-state index contributed by atoms with van der Waals surface area (Å²) in [6.07, 6.45) is 2.59. The molecule has 0 atom stereocenters. The molecule has 0 spiro atoms. The summed E-state index contributed by atoms with van der Waals surface area (Å²) in [5, 5.41) is 13.2. The van der Waals surface area contributed by atoms with Crippen LogP contribution in [-0.4, -0.2) is 28.3 Å². The van der Waals surface area contributed by atoms with E-state index in [-0.39, 0.29) is 6.61 Å². The summed E-state index contributed by atoms with van der Waals surface area (Å²) in [7, 11) is 0. The number of nitrogens with one attached hydrogen (secondary N) is 1. The van der Waals surface area contributed by atoms with Crippen molar-refractivity contribution in [3.8, 4) is 5.75 Å². The van der Waals surface area contributed by atoms with Crippen LogP contribution in [0.5, 0.6) is 5.75 Å². The molecule has 2 N–H and O–H groups in total. The van der Waals surface area contributed by atoms with Gasteiger partial charge in [0, 0.05) is 10.6 Å². The third kappa shape index (κ3) is 3.43. The lowest BCUT2D eigenvalue weighted by molar-refractivity contribution is 0.200. The minimum absolute atomic E-state index is 0.0102. The van der Waals surface area contributed by atoms with Crippen LogP contribution in [0.4, 0.5) is 11.5 Å². The van der Waals surface area contributed by atoms with Crippen LogP contribution < -0.4 is 10.1 Å². The van der Waals surface area contributed by atoms with Crippen molar-refractivity contribution in [3.05, 3.63) is 41.0 Å². The van der Waals surface area contributed by atoms with E-state index in [0.717, 1.165) is 39.5 Å². The van der Waals surface area contributed by atoms with E-state index < -0.39 is 0 Å². The second kappa shape index (κ2) is 6.93. The fraction of sp³-hybridized carbons (Fsp3) is 0.294. The average molecular weight is 329 g/mol. The highest BCUT2D eigenvalue weighted by atomic mass is 32.1. The zero-order valence-electron chi connectivity index (χ0n) is 13.2. The van der Waals surface area contributed by atoms with Crippen LogP contribution >= 0.6 is 11.3 Å². The summed E-state index contributed by atoms with van der Waals surface area (Å²) in [5.41, 5.74) is 1.96. The number of anilines is 2. The summed E-state index contributed by atoms with van der Waals surface area (Å²) in [4.78, 5) is 11.0. The van der Waals surface area contributed by atoms with E-state index >= 15 is 0 Å². The van der Waals surface area contributed by atoms with Gasteiger partial charge in [-0.25, -0.2) is 9.97 Å². The number of aliphatic hydroxyl groups is 1. The topological polar surface area (TPSA) is 67.3 Å². The molecule has 0 bridgehead atoms. The standard InChI is InChI=1S/C17H19N3O2S/c1-3-13-9-14-16(18-10-19-17(14)23-13)20-12-4-5-15(11(2)8-12)22-7-6-21/h4-5,8-10,21H,3,6-7H2,1-2H3,(H,18,19,20). The molecule has 0 amide bonds. The van der Waals surface area contributed by atoms with Crippen LogP contribution in [-0.2, 0) is 6.42 Å². The zero-order chi connectivity index (χ0) is 16.2. The fourth-order valence-electron chi connectivity index (χ4n) is 2.36. The van der Waals surface area contributed by atoms with Crippen LogP contribution in [0.1, 0.15) is 17.4 Å². The van der Waals surface area contributed by atoms with E-state index in [1.165, 1.54) is 4.88 Å². The van der Waals surface area contributed by atoms with Crippen LogP contribution in [0.3, 0.4) is 0 Å². The van der Waals surface area contributed by atoms with Gasteiger partial charge in [0.05, 0.1) is 12.0 Å². The lowest BCUT2D eigenvalue weighted by Gasteiger charge is -2.11. The summed E-state index contributed by atoms with van der Waals surface area (Å²) < 4.78 is 5.48. The van der Waals surface area contributed by atoms with E-state index in [0.29, 0.717) is 6.61 Å². The molecule has 0 saturated carbocycles. The Morgan fingerprint density at radius 2 is 2.13 bits per heavy atom. The maximum Gasteiger partial charge on any atom is 0.142 e. The van der Waals surface area contributed by atoms with Crippen molar-refractivity contribution in [1.82, 2.24) is 9.97 Å². The summed E-state index contributed by atoms with van der Waals surface area (Å²) in [6, 6.07) is 8.00. The van der Waals surface area contributed by atoms with Crippen LogP contribution in [0.25, 0.3) is 10.2 Å². The number of ether oxygens (including phenoxy) is 1. The molecule has 3 rings (SSSR count). The Balaban J connectivity index is 1.87. The maximum absolute atomic E-state index is 8.84. The van der Waals surface area contributed by atoms with Gasteiger partial charge >= 0.3 is 0 Å². The molecule has 1 aromatic carbocycles. The number of benzene rings is 1. The largest absolute Gasteiger partial charge is 0.491 e. The van der Waals surface area contributed by atoms with Gasteiger partial charge in [-0.2, -0.15) is 0 Å². The molecule has 0 saturated heterocycles. The Labute approximate surface area is 139 Å². The summed E-state index contributed by atoms with van der Waals surface area (Å²) >= 11 is 1.70. The molecule has 0 aliphatic heterocycles.